The molecule has 0 amide bonds. The van der Waals surface area contributed by atoms with Gasteiger partial charge in [-0.3, -0.25) is 4.68 Å². The number of carbonyl (C=O) groups is 1. The molecule has 88 valence electrons. The van der Waals surface area contributed by atoms with Gasteiger partial charge in [0, 0.05) is 12.2 Å². The first-order chi connectivity index (χ1) is 7.72. The van der Waals surface area contributed by atoms with Gasteiger partial charge in [0.2, 0.25) is 0 Å². The van der Waals surface area contributed by atoms with E-state index in [1.54, 1.807) is 0 Å². The molecule has 1 aromatic heterocycles. The molecule has 0 aliphatic carbocycles. The predicted molar refractivity (Wildman–Crippen MR) is 60.4 cm³/mol. The molecule has 0 radical (unpaired) electrons. The summed E-state index contributed by atoms with van der Waals surface area (Å²) in [5.74, 6) is 0.174. The molecule has 1 aliphatic rings. The number of esters is 1. The molecule has 1 aromatic rings. The summed E-state index contributed by atoms with van der Waals surface area (Å²) in [5.41, 5.74) is 1.62. The largest absolute Gasteiger partial charge is 0.461 e. The first-order valence-corrected chi connectivity index (χ1v) is 5.97. The minimum absolute atomic E-state index is 0.310. The van der Waals surface area contributed by atoms with Crippen LogP contribution in [0.25, 0.3) is 0 Å². The lowest BCUT2D eigenvalue weighted by atomic mass is 10.0. The van der Waals surface area contributed by atoms with Gasteiger partial charge in [0.15, 0.2) is 5.69 Å². The molecule has 16 heavy (non-hydrogen) atoms. The van der Waals surface area contributed by atoms with E-state index in [9.17, 15) is 4.79 Å². The molecule has 0 bridgehead atoms. The van der Waals surface area contributed by atoms with Gasteiger partial charge in [-0.25, -0.2) is 4.79 Å². The third kappa shape index (κ3) is 2.10. The Kier molecular flexibility index (Phi) is 3.27. The number of aromatic nitrogens is 2. The maximum absolute atomic E-state index is 11.6. The maximum atomic E-state index is 11.6. The molecule has 0 N–H and O–H groups in total. The normalized spacial score (nSPS) is 20.0. The molecule has 0 fully saturated rings. The zero-order valence-electron chi connectivity index (χ0n) is 9.90. The SMILES string of the molecule is CCOC(=O)c1cc2n(n1)CCCCC2C. The molecular formula is C12H18N2O2. The van der Waals surface area contributed by atoms with Crippen molar-refractivity contribution in [3.63, 3.8) is 0 Å². The molecule has 0 spiro atoms. The Balaban J connectivity index is 2.25. The van der Waals surface area contributed by atoms with Crippen LogP contribution < -0.4 is 0 Å². The molecule has 4 heteroatoms. The number of rotatable bonds is 2. The zero-order chi connectivity index (χ0) is 11.5. The van der Waals surface area contributed by atoms with Crippen molar-refractivity contribution in [3.8, 4) is 0 Å². The molecule has 0 saturated carbocycles. The minimum Gasteiger partial charge on any atom is -0.461 e. The van der Waals surface area contributed by atoms with Crippen LogP contribution in [0.1, 0.15) is 55.2 Å². The van der Waals surface area contributed by atoms with E-state index >= 15 is 0 Å². The van der Waals surface area contributed by atoms with Crippen LogP contribution in [0, 0.1) is 0 Å². The molecule has 1 aliphatic heterocycles. The van der Waals surface area contributed by atoms with Crippen LogP contribution in [0.2, 0.25) is 0 Å². The van der Waals surface area contributed by atoms with Crippen LogP contribution in [0.5, 0.6) is 0 Å². The smallest absolute Gasteiger partial charge is 0.358 e. The first-order valence-electron chi connectivity index (χ1n) is 5.97. The molecule has 2 heterocycles. The summed E-state index contributed by atoms with van der Waals surface area (Å²) in [6.45, 7) is 5.31. The Morgan fingerprint density at radius 3 is 3.19 bits per heavy atom. The number of fused-ring (bicyclic) bond motifs is 1. The van der Waals surface area contributed by atoms with E-state index in [2.05, 4.69) is 12.0 Å². The Morgan fingerprint density at radius 1 is 1.62 bits per heavy atom. The van der Waals surface area contributed by atoms with E-state index in [1.165, 1.54) is 18.5 Å². The van der Waals surface area contributed by atoms with Crippen LogP contribution in [0.15, 0.2) is 6.07 Å². The zero-order valence-corrected chi connectivity index (χ0v) is 9.90. The second-order valence-corrected chi connectivity index (χ2v) is 4.29. The quantitative estimate of drug-likeness (QED) is 0.721. The van der Waals surface area contributed by atoms with Gasteiger partial charge >= 0.3 is 5.97 Å². The van der Waals surface area contributed by atoms with E-state index in [4.69, 9.17) is 4.74 Å². The van der Waals surface area contributed by atoms with Gasteiger partial charge in [0.25, 0.3) is 0 Å². The van der Waals surface area contributed by atoms with Crippen LogP contribution in [0.3, 0.4) is 0 Å². The molecular weight excluding hydrogens is 204 g/mol. The van der Waals surface area contributed by atoms with Crippen molar-refractivity contribution in [3.05, 3.63) is 17.5 Å². The number of nitrogens with zero attached hydrogens (tertiary/aromatic N) is 2. The van der Waals surface area contributed by atoms with Gasteiger partial charge in [-0.15, -0.1) is 0 Å². The van der Waals surface area contributed by atoms with Crippen molar-refractivity contribution in [2.24, 2.45) is 0 Å². The van der Waals surface area contributed by atoms with E-state index < -0.39 is 0 Å². The van der Waals surface area contributed by atoms with Gasteiger partial charge in [-0.2, -0.15) is 5.10 Å². The second-order valence-electron chi connectivity index (χ2n) is 4.29. The average Bonchev–Trinajstić information content (AvgIpc) is 2.62. The molecule has 4 nitrogen and oxygen atoms in total. The lowest BCUT2D eigenvalue weighted by Gasteiger charge is -2.07. The van der Waals surface area contributed by atoms with Crippen molar-refractivity contribution < 1.29 is 9.53 Å². The van der Waals surface area contributed by atoms with Crippen LogP contribution >= 0.6 is 0 Å². The van der Waals surface area contributed by atoms with Crippen molar-refractivity contribution in [1.29, 1.82) is 0 Å². The number of ether oxygens (including phenoxy) is 1. The van der Waals surface area contributed by atoms with E-state index in [1.807, 2.05) is 17.7 Å². The molecule has 1 unspecified atom stereocenters. The predicted octanol–water partition coefficient (Wildman–Crippen LogP) is 2.35. The molecule has 0 saturated heterocycles. The van der Waals surface area contributed by atoms with Crippen LogP contribution in [-0.2, 0) is 11.3 Å². The highest BCUT2D eigenvalue weighted by Crippen LogP contribution is 2.26. The number of hydrogen-bond acceptors (Lipinski definition) is 3. The lowest BCUT2D eigenvalue weighted by molar-refractivity contribution is 0.0518. The summed E-state index contributed by atoms with van der Waals surface area (Å²) in [6, 6.07) is 1.88. The summed E-state index contributed by atoms with van der Waals surface area (Å²) < 4.78 is 6.92. The molecule has 0 aromatic carbocycles. The second kappa shape index (κ2) is 4.68. The maximum Gasteiger partial charge on any atom is 0.358 e. The fourth-order valence-corrected chi connectivity index (χ4v) is 2.17. The first kappa shape index (κ1) is 11.2. The molecule has 2 rings (SSSR count). The highest BCUT2D eigenvalue weighted by Gasteiger charge is 2.20. The average molecular weight is 222 g/mol. The number of hydrogen-bond donors (Lipinski definition) is 0. The van der Waals surface area contributed by atoms with Crippen molar-refractivity contribution in [2.45, 2.75) is 45.6 Å². The van der Waals surface area contributed by atoms with Crippen LogP contribution in [-0.4, -0.2) is 22.4 Å². The van der Waals surface area contributed by atoms with Gasteiger partial charge in [0.05, 0.1) is 6.61 Å². The van der Waals surface area contributed by atoms with Crippen molar-refractivity contribution >= 4 is 5.97 Å². The topological polar surface area (TPSA) is 44.1 Å². The Bertz CT molecular complexity index is 384. The highest BCUT2D eigenvalue weighted by molar-refractivity contribution is 5.87. The summed E-state index contributed by atoms with van der Waals surface area (Å²) in [6.07, 6.45) is 3.55. The third-order valence-electron chi connectivity index (χ3n) is 3.06. The van der Waals surface area contributed by atoms with Crippen LogP contribution in [0.4, 0.5) is 0 Å². The fourth-order valence-electron chi connectivity index (χ4n) is 2.17. The van der Waals surface area contributed by atoms with E-state index in [-0.39, 0.29) is 5.97 Å². The van der Waals surface area contributed by atoms with Gasteiger partial charge in [-0.05, 0) is 31.7 Å². The summed E-state index contributed by atoms with van der Waals surface area (Å²) in [5, 5.41) is 4.32. The molecule has 1 atom stereocenters. The standard InChI is InChI=1S/C12H18N2O2/c1-3-16-12(15)10-8-11-9(2)6-4-5-7-14(11)13-10/h8-9H,3-7H2,1-2H3. The Morgan fingerprint density at radius 2 is 2.44 bits per heavy atom. The Labute approximate surface area is 95.6 Å². The monoisotopic (exact) mass is 222 g/mol. The fraction of sp³-hybridized carbons (Fsp3) is 0.667. The van der Waals surface area contributed by atoms with Gasteiger partial charge < -0.3 is 4.74 Å². The van der Waals surface area contributed by atoms with Gasteiger partial charge in [0.1, 0.15) is 0 Å². The van der Waals surface area contributed by atoms with Gasteiger partial charge in [-0.1, -0.05) is 13.3 Å². The number of carbonyl (C=O) groups excluding carboxylic acids is 1. The summed E-state index contributed by atoms with van der Waals surface area (Å²) >= 11 is 0. The highest BCUT2D eigenvalue weighted by atomic mass is 16.5. The lowest BCUT2D eigenvalue weighted by Crippen LogP contribution is -2.07. The third-order valence-corrected chi connectivity index (χ3v) is 3.06. The van der Waals surface area contributed by atoms with Crippen molar-refractivity contribution in [1.82, 2.24) is 9.78 Å². The van der Waals surface area contributed by atoms with Crippen molar-refractivity contribution in [2.75, 3.05) is 6.61 Å². The minimum atomic E-state index is -0.310. The van der Waals surface area contributed by atoms with E-state index in [0.29, 0.717) is 18.2 Å². The summed E-state index contributed by atoms with van der Waals surface area (Å²) in [7, 11) is 0. The number of aryl methyl sites for hydroxylation is 1. The summed E-state index contributed by atoms with van der Waals surface area (Å²) in [4.78, 5) is 11.6. The van der Waals surface area contributed by atoms with E-state index in [0.717, 1.165) is 13.0 Å². The Hall–Kier alpha value is -1.32.